The van der Waals surface area contributed by atoms with Gasteiger partial charge in [0.25, 0.3) is 0 Å². The number of piperazine rings is 1. The lowest BCUT2D eigenvalue weighted by atomic mass is 9.86. The number of hydrogen-bond acceptors (Lipinski definition) is 11. The van der Waals surface area contributed by atoms with Crippen LogP contribution in [0.5, 0.6) is 0 Å². The van der Waals surface area contributed by atoms with Gasteiger partial charge in [0.15, 0.2) is 0 Å². The topological polar surface area (TPSA) is 160 Å². The summed E-state index contributed by atoms with van der Waals surface area (Å²) in [5.74, 6) is -3.27. The first-order chi connectivity index (χ1) is 27.4. The molecule has 3 aliphatic heterocycles. The van der Waals surface area contributed by atoms with Gasteiger partial charge < -0.3 is 20.2 Å². The van der Waals surface area contributed by atoms with Crippen LogP contribution in [0.2, 0.25) is 0 Å². The van der Waals surface area contributed by atoms with E-state index in [1.807, 2.05) is 6.07 Å². The van der Waals surface area contributed by atoms with Crippen molar-refractivity contribution in [3.8, 4) is 0 Å². The first-order valence-electron chi connectivity index (χ1n) is 19.5. The number of alkyl halides is 3. The largest absolute Gasteiger partial charge is 0.421 e. The van der Waals surface area contributed by atoms with Crippen molar-refractivity contribution in [2.24, 2.45) is 5.92 Å². The van der Waals surface area contributed by atoms with Crippen molar-refractivity contribution < 1.29 is 45.1 Å². The molecule has 3 aromatic rings. The predicted molar refractivity (Wildman–Crippen MR) is 205 cm³/mol. The minimum atomic E-state index is -4.75. The Bertz CT molecular complexity index is 2110. The van der Waals surface area contributed by atoms with Crippen LogP contribution in [0.15, 0.2) is 47.5 Å². The fourth-order valence-corrected chi connectivity index (χ4v) is 9.57. The van der Waals surface area contributed by atoms with Crippen LogP contribution in [-0.2, 0) is 25.8 Å². The van der Waals surface area contributed by atoms with E-state index >= 15 is 8.78 Å². The molecule has 4 N–H and O–H groups in total. The van der Waals surface area contributed by atoms with Gasteiger partial charge in [-0.25, -0.2) is 26.9 Å². The Balaban J connectivity index is 0.886. The van der Waals surface area contributed by atoms with Crippen LogP contribution in [-0.4, -0.2) is 97.7 Å². The summed E-state index contributed by atoms with van der Waals surface area (Å²) in [6.45, 7) is 5.64. The molecule has 4 heterocycles. The number of piperidine rings is 2. The molecule has 0 spiro atoms. The highest BCUT2D eigenvalue weighted by Gasteiger charge is 2.39. The summed E-state index contributed by atoms with van der Waals surface area (Å²) < 4.78 is 101. The number of nitrogens with one attached hydrogen (secondary N) is 3. The zero-order chi connectivity index (χ0) is 41.4. The van der Waals surface area contributed by atoms with E-state index in [1.165, 1.54) is 23.1 Å². The molecule has 2 aromatic carbocycles. The quantitative estimate of drug-likeness (QED) is 0.160. The van der Waals surface area contributed by atoms with Crippen molar-refractivity contribution in [1.82, 2.24) is 24.9 Å². The lowest BCUT2D eigenvalue weighted by Crippen LogP contribution is -2.48. The van der Waals surface area contributed by atoms with E-state index in [1.54, 1.807) is 13.0 Å². The van der Waals surface area contributed by atoms with Gasteiger partial charge in [0.05, 0.1) is 22.1 Å². The fourth-order valence-electron chi connectivity index (χ4n) is 8.25. The van der Waals surface area contributed by atoms with Gasteiger partial charge in [0.2, 0.25) is 27.8 Å². The third-order valence-corrected chi connectivity index (χ3v) is 13.3. The number of imide groups is 1. The highest BCUT2D eigenvalue weighted by atomic mass is 32.2. The van der Waals surface area contributed by atoms with Crippen molar-refractivity contribution >= 4 is 45.0 Å². The molecule has 4 aliphatic rings. The lowest BCUT2D eigenvalue weighted by Gasteiger charge is -2.39. The van der Waals surface area contributed by atoms with Gasteiger partial charge in [0, 0.05) is 75.7 Å². The summed E-state index contributed by atoms with van der Waals surface area (Å²) in [6, 6.07) is 7.79. The average molecular weight is 835 g/mol. The second-order valence-electron chi connectivity index (χ2n) is 16.0. The summed E-state index contributed by atoms with van der Waals surface area (Å²) in [4.78, 5) is 37.1. The number of aliphatic hydroxyl groups is 1. The van der Waals surface area contributed by atoms with Gasteiger partial charge in [-0.2, -0.15) is 18.2 Å². The fraction of sp³-hybridized carbons (Fsp3) is 0.538. The summed E-state index contributed by atoms with van der Waals surface area (Å²) in [6.07, 6.45) is -0.411. The summed E-state index contributed by atoms with van der Waals surface area (Å²) in [5.41, 5.74) is -1.26. The van der Waals surface area contributed by atoms with E-state index in [9.17, 15) is 36.3 Å². The number of rotatable bonds is 10. The number of carbonyl (C=O) groups is 2. The second kappa shape index (κ2) is 16.7. The molecule has 13 nitrogen and oxygen atoms in total. The Morgan fingerprint density at radius 3 is 2.26 bits per heavy atom. The van der Waals surface area contributed by atoms with Crippen molar-refractivity contribution in [1.29, 1.82) is 0 Å². The van der Waals surface area contributed by atoms with E-state index in [-0.39, 0.29) is 67.3 Å². The van der Waals surface area contributed by atoms with Gasteiger partial charge in [-0.05, 0) is 88.1 Å². The van der Waals surface area contributed by atoms with E-state index < -0.39 is 56.6 Å². The van der Waals surface area contributed by atoms with Gasteiger partial charge in [-0.15, -0.1) is 0 Å². The molecule has 58 heavy (non-hydrogen) atoms. The zero-order valence-corrected chi connectivity index (χ0v) is 32.8. The third kappa shape index (κ3) is 9.69. The second-order valence-corrected chi connectivity index (χ2v) is 17.7. The van der Waals surface area contributed by atoms with E-state index in [0.29, 0.717) is 43.6 Å². The zero-order valence-electron chi connectivity index (χ0n) is 32.0. The number of benzene rings is 2. The molecule has 4 fully saturated rings. The van der Waals surface area contributed by atoms with Crippen LogP contribution < -0.4 is 25.2 Å². The molecule has 1 aromatic heterocycles. The molecule has 314 valence electrons. The van der Waals surface area contributed by atoms with Crippen molar-refractivity contribution in [3.63, 3.8) is 0 Å². The molecule has 1 aliphatic carbocycles. The molecular formula is C39H47F5N8O5S. The van der Waals surface area contributed by atoms with Crippen LogP contribution in [0, 0.1) is 17.6 Å². The van der Waals surface area contributed by atoms with Crippen LogP contribution in [0.4, 0.5) is 45.1 Å². The average Bonchev–Trinajstić information content (AvgIpc) is 3.16. The summed E-state index contributed by atoms with van der Waals surface area (Å²) in [7, 11) is -4.10. The Morgan fingerprint density at radius 1 is 0.914 bits per heavy atom. The highest BCUT2D eigenvalue weighted by molar-refractivity contribution is 7.89. The van der Waals surface area contributed by atoms with Crippen molar-refractivity contribution in [2.75, 3.05) is 60.9 Å². The molecule has 3 saturated heterocycles. The maximum absolute atomic E-state index is 15.3. The summed E-state index contributed by atoms with van der Waals surface area (Å²) >= 11 is 0. The number of aromatic nitrogens is 2. The molecule has 0 radical (unpaired) electrons. The molecule has 2 amide bonds. The minimum Gasteiger partial charge on any atom is -0.390 e. The number of nitrogens with zero attached hydrogens (tertiary/aromatic N) is 5. The monoisotopic (exact) mass is 834 g/mol. The standard InChI is InChI=1S/C39H47F5N8O5S/c1-38(55)12-14-52(15-13-38)35-30(39(42,43)44)22-45-37(48-35)46-33-10-7-27(21-32(33)41)58(56,57)49-25-4-2-24(3-5-25)23-50-16-18-51(19-17-50)26-6-8-28(31(40)20-26)29-9-11-34(53)47-36(29)54/h6-8,10,20-22,24-25,29,49,55H,2-5,9,11-19,23H2,1H3,(H,45,46,48)(H,47,53,54). The number of sulfonamides is 1. The van der Waals surface area contributed by atoms with E-state index in [2.05, 4.69) is 35.1 Å². The van der Waals surface area contributed by atoms with Gasteiger partial charge in [-0.3, -0.25) is 19.8 Å². The van der Waals surface area contributed by atoms with Crippen LogP contribution in [0.1, 0.15) is 75.3 Å². The molecule has 7 rings (SSSR count). The molecule has 0 bridgehead atoms. The predicted octanol–water partition coefficient (Wildman–Crippen LogP) is 5.05. The third-order valence-electron chi connectivity index (χ3n) is 11.7. The molecule has 1 atom stereocenters. The smallest absolute Gasteiger partial charge is 0.390 e. The number of carbonyl (C=O) groups excluding carboxylic acids is 2. The normalized spacial score (nSPS) is 23.5. The summed E-state index contributed by atoms with van der Waals surface area (Å²) in [5, 5.41) is 15.1. The van der Waals surface area contributed by atoms with Crippen LogP contribution in [0.3, 0.4) is 0 Å². The lowest BCUT2D eigenvalue weighted by molar-refractivity contribution is -0.138. The maximum Gasteiger partial charge on any atom is 0.421 e. The van der Waals surface area contributed by atoms with Crippen molar-refractivity contribution in [2.45, 2.75) is 86.9 Å². The number of anilines is 4. The Kier molecular flexibility index (Phi) is 12.0. The van der Waals surface area contributed by atoms with Gasteiger partial charge in [0.1, 0.15) is 23.0 Å². The van der Waals surface area contributed by atoms with Crippen LogP contribution >= 0.6 is 0 Å². The van der Waals surface area contributed by atoms with Crippen LogP contribution in [0.25, 0.3) is 0 Å². The van der Waals surface area contributed by atoms with Crippen molar-refractivity contribution in [3.05, 3.63) is 65.4 Å². The van der Waals surface area contributed by atoms with E-state index in [4.69, 9.17) is 0 Å². The Hall–Kier alpha value is -4.46. The van der Waals surface area contributed by atoms with Gasteiger partial charge >= 0.3 is 6.18 Å². The Labute approximate surface area is 333 Å². The maximum atomic E-state index is 15.3. The first-order valence-corrected chi connectivity index (χ1v) is 21.0. The number of amides is 2. The first kappa shape index (κ1) is 41.7. The molecule has 1 unspecified atom stereocenters. The molecule has 19 heteroatoms. The minimum absolute atomic E-state index is 0.124. The number of hydrogen-bond donors (Lipinski definition) is 4. The Morgan fingerprint density at radius 2 is 1.62 bits per heavy atom. The SMILES string of the molecule is CC1(O)CCN(c2nc(Nc3ccc(S(=O)(=O)NC4CCC(CN5CCN(c6ccc(C7CCC(=O)NC7=O)c(F)c6)CC5)CC4)cc3F)ncc2C(F)(F)F)CC1. The van der Waals surface area contributed by atoms with E-state index in [0.717, 1.165) is 44.2 Å². The molecular weight excluding hydrogens is 788 g/mol. The van der Waals surface area contributed by atoms with Gasteiger partial charge in [-0.1, -0.05) is 6.07 Å². The molecule has 1 saturated carbocycles. The number of halogens is 5. The highest BCUT2D eigenvalue weighted by Crippen LogP contribution is 2.38.